The molecule has 19 heavy (non-hydrogen) atoms. The molecule has 1 amide bonds. The number of carbonyl (C=O) groups is 3. The van der Waals surface area contributed by atoms with Crippen LogP contribution < -0.4 is 5.32 Å². The summed E-state index contributed by atoms with van der Waals surface area (Å²) in [5, 5.41) is 11.6. The number of nitrogens with zero attached hydrogens (tertiary/aromatic N) is 2. The number of thioether (sulfide) groups is 1. The van der Waals surface area contributed by atoms with Crippen molar-refractivity contribution in [3.8, 4) is 0 Å². The Hall–Kier alpha value is -1.66. The van der Waals surface area contributed by atoms with Gasteiger partial charge in [0.05, 0.1) is 5.75 Å². The first-order valence-electron chi connectivity index (χ1n) is 5.70. The zero-order chi connectivity index (χ0) is 14.8. The van der Waals surface area contributed by atoms with Crippen molar-refractivity contribution in [1.29, 1.82) is 0 Å². The summed E-state index contributed by atoms with van der Waals surface area (Å²) in [4.78, 5) is 36.0. The van der Waals surface area contributed by atoms with E-state index in [1.807, 2.05) is 13.8 Å². The van der Waals surface area contributed by atoms with Crippen molar-refractivity contribution in [3.05, 3.63) is 5.53 Å². The van der Waals surface area contributed by atoms with Gasteiger partial charge in [0.1, 0.15) is 6.04 Å². The van der Waals surface area contributed by atoms with E-state index >= 15 is 0 Å². The molecular formula is C11H17N3O4S. The van der Waals surface area contributed by atoms with E-state index < -0.39 is 17.8 Å². The molecule has 0 aliphatic rings. The molecule has 0 rings (SSSR count). The molecule has 1 unspecified atom stereocenters. The summed E-state index contributed by atoms with van der Waals surface area (Å²) < 4.78 is 0. The van der Waals surface area contributed by atoms with Crippen molar-refractivity contribution >= 4 is 35.6 Å². The molecule has 2 N–H and O–H groups in total. The maximum atomic E-state index is 11.5. The van der Waals surface area contributed by atoms with Crippen LogP contribution in [0.5, 0.6) is 0 Å². The minimum absolute atomic E-state index is 0.0434. The first-order chi connectivity index (χ1) is 8.86. The minimum Gasteiger partial charge on any atom is -0.480 e. The van der Waals surface area contributed by atoms with Gasteiger partial charge in [0.2, 0.25) is 11.7 Å². The number of amides is 1. The van der Waals surface area contributed by atoms with Crippen LogP contribution in [-0.2, 0) is 14.4 Å². The van der Waals surface area contributed by atoms with Gasteiger partial charge in [0.15, 0.2) is 0 Å². The summed E-state index contributed by atoms with van der Waals surface area (Å²) in [6.45, 7) is 3.86. The van der Waals surface area contributed by atoms with E-state index in [0.29, 0.717) is 6.21 Å². The Morgan fingerprint density at radius 1 is 1.42 bits per heavy atom. The maximum Gasteiger partial charge on any atom is 0.326 e. The van der Waals surface area contributed by atoms with Crippen molar-refractivity contribution in [2.75, 3.05) is 5.75 Å². The molecule has 0 aromatic heterocycles. The highest BCUT2D eigenvalue weighted by atomic mass is 32.2. The average Bonchev–Trinajstić information content (AvgIpc) is 2.31. The predicted molar refractivity (Wildman–Crippen MR) is 71.1 cm³/mol. The molecule has 0 saturated carbocycles. The summed E-state index contributed by atoms with van der Waals surface area (Å²) in [6.07, 6.45) is 0.548. The van der Waals surface area contributed by atoms with E-state index in [-0.39, 0.29) is 29.8 Å². The number of hydrogen-bond acceptors (Lipinski definition) is 4. The summed E-state index contributed by atoms with van der Waals surface area (Å²) in [5.74, 6) is -1.90. The third kappa shape index (κ3) is 8.98. The number of nitrogens with one attached hydrogen (secondary N) is 1. The molecule has 0 saturated heterocycles. The van der Waals surface area contributed by atoms with E-state index in [4.69, 9.17) is 10.6 Å². The quantitative estimate of drug-likeness (QED) is 0.360. The molecule has 0 spiro atoms. The van der Waals surface area contributed by atoms with Crippen LogP contribution >= 0.6 is 11.8 Å². The first-order valence-corrected chi connectivity index (χ1v) is 6.75. The molecule has 0 fully saturated rings. The number of aliphatic carboxylic acids is 1. The van der Waals surface area contributed by atoms with Gasteiger partial charge in [0, 0.05) is 6.42 Å². The van der Waals surface area contributed by atoms with E-state index in [2.05, 4.69) is 10.1 Å². The van der Waals surface area contributed by atoms with Crippen molar-refractivity contribution < 1.29 is 24.3 Å². The van der Waals surface area contributed by atoms with Crippen LogP contribution in [0, 0.1) is 0 Å². The van der Waals surface area contributed by atoms with Crippen molar-refractivity contribution in [3.63, 3.8) is 0 Å². The van der Waals surface area contributed by atoms with E-state index in [9.17, 15) is 14.4 Å². The normalized spacial score (nSPS) is 11.5. The van der Waals surface area contributed by atoms with Crippen molar-refractivity contribution in [2.24, 2.45) is 0 Å². The van der Waals surface area contributed by atoms with Gasteiger partial charge in [-0.2, -0.15) is 4.79 Å². The lowest BCUT2D eigenvalue weighted by Gasteiger charge is -2.13. The summed E-state index contributed by atoms with van der Waals surface area (Å²) in [6, 6.07) is -1.11. The smallest absolute Gasteiger partial charge is 0.326 e. The van der Waals surface area contributed by atoms with Crippen LogP contribution in [0.1, 0.15) is 26.7 Å². The molecule has 106 valence electrons. The lowest BCUT2D eigenvalue weighted by atomic mass is 10.1. The molecule has 0 aromatic rings. The Kier molecular flexibility index (Phi) is 8.48. The molecule has 8 heteroatoms. The van der Waals surface area contributed by atoms with Gasteiger partial charge in [-0.05, 0) is 11.7 Å². The monoisotopic (exact) mass is 287 g/mol. The topological polar surface area (TPSA) is 120 Å². The second kappa shape index (κ2) is 9.29. The van der Waals surface area contributed by atoms with Crippen LogP contribution in [0.3, 0.4) is 0 Å². The van der Waals surface area contributed by atoms with E-state index in [1.165, 1.54) is 11.8 Å². The predicted octanol–water partition coefficient (Wildman–Crippen LogP) is 0.347. The minimum atomic E-state index is -1.20. The second-order valence-electron chi connectivity index (χ2n) is 4.07. The van der Waals surface area contributed by atoms with Gasteiger partial charge >= 0.3 is 12.2 Å². The third-order valence-corrected chi connectivity index (χ3v) is 3.16. The maximum absolute atomic E-state index is 11.5. The Morgan fingerprint density at radius 3 is 2.53 bits per heavy atom. The molecule has 0 radical (unpaired) electrons. The zero-order valence-corrected chi connectivity index (χ0v) is 11.6. The third-order valence-electron chi connectivity index (χ3n) is 2.06. The number of ketones is 1. The van der Waals surface area contributed by atoms with Crippen LogP contribution in [0.15, 0.2) is 0 Å². The Bertz CT molecular complexity index is 391. The molecule has 0 heterocycles. The fraction of sp³-hybridized carbons (Fsp3) is 0.636. The zero-order valence-electron chi connectivity index (χ0n) is 10.8. The van der Waals surface area contributed by atoms with Gasteiger partial charge in [-0.1, -0.05) is 13.8 Å². The molecule has 0 aliphatic carbocycles. The molecule has 0 bridgehead atoms. The van der Waals surface area contributed by atoms with Gasteiger partial charge in [-0.15, -0.1) is 11.8 Å². The number of carbonyl (C=O) groups excluding carboxylic acids is 2. The Labute approximate surface area is 115 Å². The average molecular weight is 287 g/mol. The van der Waals surface area contributed by atoms with Crippen LogP contribution in [-0.4, -0.2) is 50.8 Å². The van der Waals surface area contributed by atoms with Crippen LogP contribution in [0.25, 0.3) is 5.53 Å². The van der Waals surface area contributed by atoms with E-state index in [0.717, 1.165) is 0 Å². The number of carboxylic acid groups (broad SMARTS) is 1. The van der Waals surface area contributed by atoms with Crippen LogP contribution in [0.4, 0.5) is 0 Å². The highest BCUT2D eigenvalue weighted by Crippen LogP contribution is 2.08. The largest absolute Gasteiger partial charge is 0.480 e. The van der Waals surface area contributed by atoms with E-state index in [1.54, 1.807) is 0 Å². The fourth-order valence-corrected chi connectivity index (χ4v) is 1.72. The van der Waals surface area contributed by atoms with Crippen LogP contribution in [0.2, 0.25) is 0 Å². The van der Waals surface area contributed by atoms with Gasteiger partial charge in [-0.25, -0.2) is 4.79 Å². The molecule has 1 atom stereocenters. The number of hydrogen-bond donors (Lipinski definition) is 2. The molecular weight excluding hydrogens is 270 g/mol. The number of rotatable bonds is 9. The second-order valence-corrected chi connectivity index (χ2v) is 5.63. The SMILES string of the molecule is CC(C)SCC(=O)NC(CCC(=O)C=[N+]=[N-])C(=O)O. The summed E-state index contributed by atoms with van der Waals surface area (Å²) in [5.41, 5.74) is 8.14. The lowest BCUT2D eigenvalue weighted by Crippen LogP contribution is -2.42. The van der Waals surface area contributed by atoms with Gasteiger partial charge < -0.3 is 16.0 Å². The molecule has 7 nitrogen and oxygen atoms in total. The Balaban J connectivity index is 4.26. The highest BCUT2D eigenvalue weighted by Gasteiger charge is 2.21. The first kappa shape index (κ1) is 17.3. The molecule has 0 aromatic carbocycles. The highest BCUT2D eigenvalue weighted by molar-refractivity contribution is 8.00. The standard InChI is InChI=1S/C11H17N3O4S/c1-7(2)19-6-10(16)14-9(11(17)18)4-3-8(15)5-13-12/h5,7,9H,3-4,6H2,1-2H3,(H,14,16)(H,17,18). The lowest BCUT2D eigenvalue weighted by molar-refractivity contribution is -0.141. The molecule has 0 aliphatic heterocycles. The van der Waals surface area contributed by atoms with Gasteiger partial charge in [0.25, 0.3) is 0 Å². The van der Waals surface area contributed by atoms with Gasteiger partial charge in [-0.3, -0.25) is 9.59 Å². The summed E-state index contributed by atoms with van der Waals surface area (Å²) in [7, 11) is 0. The van der Waals surface area contributed by atoms with Crippen molar-refractivity contribution in [1.82, 2.24) is 5.32 Å². The number of Topliss-reactive ketones (excluding diaryl/α,β-unsaturated/α-hetero) is 1. The van der Waals surface area contributed by atoms with Crippen molar-refractivity contribution in [2.45, 2.75) is 38.0 Å². The summed E-state index contributed by atoms with van der Waals surface area (Å²) >= 11 is 1.40. The number of carboxylic acids is 1. The fourth-order valence-electron chi connectivity index (χ4n) is 1.15. The Morgan fingerprint density at radius 2 is 2.05 bits per heavy atom.